The Kier molecular flexibility index (Phi) is 5.38. The fraction of sp³-hybridized carbons (Fsp3) is 0.421. The maximum atomic E-state index is 4.57. The Balaban J connectivity index is 2.05. The van der Waals surface area contributed by atoms with Crippen LogP contribution in [0, 0.1) is 6.92 Å². The summed E-state index contributed by atoms with van der Waals surface area (Å²) in [7, 11) is 0. The van der Waals surface area contributed by atoms with Crippen LogP contribution in [0.5, 0.6) is 0 Å². The fourth-order valence-corrected chi connectivity index (χ4v) is 2.52. The first-order valence-corrected chi connectivity index (χ1v) is 7.91. The molecule has 112 valence electrons. The van der Waals surface area contributed by atoms with Crippen molar-refractivity contribution in [1.82, 2.24) is 4.57 Å². The van der Waals surface area contributed by atoms with Crippen LogP contribution in [0.25, 0.3) is 0 Å². The van der Waals surface area contributed by atoms with E-state index in [1.165, 1.54) is 24.1 Å². The summed E-state index contributed by atoms with van der Waals surface area (Å²) in [5, 5.41) is 0. The van der Waals surface area contributed by atoms with Gasteiger partial charge in [0.1, 0.15) is 0 Å². The molecule has 0 aliphatic heterocycles. The Hall–Kier alpha value is -1.83. The molecule has 0 amide bonds. The van der Waals surface area contributed by atoms with Gasteiger partial charge in [-0.1, -0.05) is 25.5 Å². The van der Waals surface area contributed by atoms with Crippen LogP contribution in [0.4, 0.5) is 5.69 Å². The van der Waals surface area contributed by atoms with Crippen molar-refractivity contribution in [3.05, 3.63) is 53.3 Å². The normalized spacial score (nSPS) is 11.7. The van der Waals surface area contributed by atoms with Crippen molar-refractivity contribution < 1.29 is 0 Å². The van der Waals surface area contributed by atoms with Crippen molar-refractivity contribution in [2.45, 2.75) is 53.0 Å². The minimum absolute atomic E-state index is 0.491. The number of aromatic nitrogens is 1. The third kappa shape index (κ3) is 4.32. The Bertz CT molecular complexity index is 589. The molecule has 2 heteroatoms. The zero-order chi connectivity index (χ0) is 15.2. The standard InChI is InChI=1S/C19H26N2/c1-5-6-7-17-8-10-19(11-9-17)20-13-18-12-16(4)21(14-18)15(2)3/h8-15H,5-7H2,1-4H3. The van der Waals surface area contributed by atoms with Gasteiger partial charge in [-0.3, -0.25) is 4.99 Å². The zero-order valence-electron chi connectivity index (χ0n) is 13.6. The summed E-state index contributed by atoms with van der Waals surface area (Å²) in [6.45, 7) is 8.76. The molecule has 1 heterocycles. The number of aliphatic imine (C=N–C) groups is 1. The van der Waals surface area contributed by atoms with Crippen molar-refractivity contribution >= 4 is 11.9 Å². The van der Waals surface area contributed by atoms with Crippen molar-refractivity contribution in [1.29, 1.82) is 0 Å². The molecular formula is C19H26N2. The quantitative estimate of drug-likeness (QED) is 0.625. The van der Waals surface area contributed by atoms with E-state index in [0.717, 1.165) is 17.7 Å². The lowest BCUT2D eigenvalue weighted by molar-refractivity contribution is 0.589. The van der Waals surface area contributed by atoms with Gasteiger partial charge in [0.2, 0.25) is 0 Å². The molecule has 0 spiro atoms. The first-order valence-electron chi connectivity index (χ1n) is 7.91. The number of unbranched alkanes of at least 4 members (excludes halogenated alkanes) is 1. The number of aryl methyl sites for hydroxylation is 2. The number of hydrogen-bond acceptors (Lipinski definition) is 1. The molecule has 0 fully saturated rings. The van der Waals surface area contributed by atoms with Gasteiger partial charge >= 0.3 is 0 Å². The highest BCUT2D eigenvalue weighted by molar-refractivity contribution is 5.82. The average molecular weight is 282 g/mol. The van der Waals surface area contributed by atoms with Crippen LogP contribution in [0.15, 0.2) is 41.5 Å². The van der Waals surface area contributed by atoms with Crippen molar-refractivity contribution in [3.63, 3.8) is 0 Å². The van der Waals surface area contributed by atoms with E-state index in [2.05, 4.69) is 73.8 Å². The molecule has 0 aliphatic rings. The molecule has 1 aromatic carbocycles. The molecular weight excluding hydrogens is 256 g/mol. The average Bonchev–Trinajstić information content (AvgIpc) is 2.85. The lowest BCUT2D eigenvalue weighted by atomic mass is 10.1. The van der Waals surface area contributed by atoms with E-state index < -0.39 is 0 Å². The second kappa shape index (κ2) is 7.26. The Morgan fingerprint density at radius 2 is 1.90 bits per heavy atom. The van der Waals surface area contributed by atoms with E-state index in [0.29, 0.717) is 6.04 Å². The molecule has 0 radical (unpaired) electrons. The van der Waals surface area contributed by atoms with E-state index in [1.54, 1.807) is 0 Å². The SMILES string of the molecule is CCCCc1ccc(N=Cc2cc(C)n(C(C)C)c2)cc1. The van der Waals surface area contributed by atoms with Gasteiger partial charge in [0.25, 0.3) is 0 Å². The smallest absolute Gasteiger partial charge is 0.0630 e. The predicted octanol–water partition coefficient (Wildman–Crippen LogP) is 5.47. The molecule has 0 unspecified atom stereocenters. The lowest BCUT2D eigenvalue weighted by Gasteiger charge is -2.08. The number of nitrogens with zero attached hydrogens (tertiary/aromatic N) is 2. The van der Waals surface area contributed by atoms with Gasteiger partial charge in [-0.05, 0) is 57.4 Å². The minimum atomic E-state index is 0.491. The largest absolute Gasteiger partial charge is 0.349 e. The van der Waals surface area contributed by atoms with Crippen LogP contribution >= 0.6 is 0 Å². The first-order chi connectivity index (χ1) is 10.1. The summed E-state index contributed by atoms with van der Waals surface area (Å²) in [4.78, 5) is 4.57. The molecule has 0 aliphatic carbocycles. The Morgan fingerprint density at radius 3 is 2.48 bits per heavy atom. The summed E-state index contributed by atoms with van der Waals surface area (Å²) < 4.78 is 2.27. The third-order valence-corrected chi connectivity index (χ3v) is 3.75. The zero-order valence-corrected chi connectivity index (χ0v) is 13.6. The van der Waals surface area contributed by atoms with Crippen LogP contribution < -0.4 is 0 Å². The van der Waals surface area contributed by atoms with Crippen LogP contribution in [0.1, 0.15) is 56.5 Å². The molecule has 21 heavy (non-hydrogen) atoms. The number of rotatable bonds is 6. The highest BCUT2D eigenvalue weighted by Crippen LogP contribution is 2.16. The molecule has 0 bridgehead atoms. The maximum absolute atomic E-state index is 4.57. The highest BCUT2D eigenvalue weighted by Gasteiger charge is 2.03. The topological polar surface area (TPSA) is 17.3 Å². The van der Waals surface area contributed by atoms with Gasteiger partial charge in [0.05, 0.1) is 5.69 Å². The van der Waals surface area contributed by atoms with Gasteiger partial charge in [-0.25, -0.2) is 0 Å². The maximum Gasteiger partial charge on any atom is 0.0630 e. The predicted molar refractivity (Wildman–Crippen MR) is 91.9 cm³/mol. The van der Waals surface area contributed by atoms with E-state index in [1.807, 2.05) is 6.21 Å². The number of hydrogen-bond donors (Lipinski definition) is 0. The Labute approximate surface area is 128 Å². The van der Waals surface area contributed by atoms with Crippen LogP contribution in [0.2, 0.25) is 0 Å². The van der Waals surface area contributed by atoms with Gasteiger partial charge in [-0.15, -0.1) is 0 Å². The van der Waals surface area contributed by atoms with Gasteiger partial charge in [0, 0.05) is 29.7 Å². The third-order valence-electron chi connectivity index (χ3n) is 3.75. The van der Waals surface area contributed by atoms with Crippen LogP contribution in [-0.2, 0) is 6.42 Å². The molecule has 0 saturated heterocycles. The van der Waals surface area contributed by atoms with Crippen LogP contribution in [0.3, 0.4) is 0 Å². The first kappa shape index (κ1) is 15.6. The summed E-state index contributed by atoms with van der Waals surface area (Å²) >= 11 is 0. The van der Waals surface area contributed by atoms with E-state index >= 15 is 0 Å². The highest BCUT2D eigenvalue weighted by atomic mass is 15.0. The fourth-order valence-electron chi connectivity index (χ4n) is 2.52. The summed E-state index contributed by atoms with van der Waals surface area (Å²) in [6.07, 6.45) is 7.78. The second-order valence-corrected chi connectivity index (χ2v) is 5.94. The second-order valence-electron chi connectivity index (χ2n) is 5.94. The summed E-state index contributed by atoms with van der Waals surface area (Å²) in [6, 6.07) is 11.3. The van der Waals surface area contributed by atoms with Crippen molar-refractivity contribution in [3.8, 4) is 0 Å². The summed E-state index contributed by atoms with van der Waals surface area (Å²) in [5.74, 6) is 0. The molecule has 0 saturated carbocycles. The number of benzene rings is 1. The lowest BCUT2D eigenvalue weighted by Crippen LogP contribution is -2.00. The van der Waals surface area contributed by atoms with Gasteiger partial charge in [0.15, 0.2) is 0 Å². The van der Waals surface area contributed by atoms with Gasteiger partial charge < -0.3 is 4.57 Å². The molecule has 0 N–H and O–H groups in total. The van der Waals surface area contributed by atoms with Crippen molar-refractivity contribution in [2.75, 3.05) is 0 Å². The van der Waals surface area contributed by atoms with Gasteiger partial charge in [-0.2, -0.15) is 0 Å². The molecule has 2 aromatic rings. The van der Waals surface area contributed by atoms with Crippen molar-refractivity contribution in [2.24, 2.45) is 4.99 Å². The minimum Gasteiger partial charge on any atom is -0.349 e. The summed E-state index contributed by atoms with van der Waals surface area (Å²) in [5.41, 5.74) is 4.86. The van der Waals surface area contributed by atoms with E-state index in [9.17, 15) is 0 Å². The van der Waals surface area contributed by atoms with E-state index in [4.69, 9.17) is 0 Å². The molecule has 2 nitrogen and oxygen atoms in total. The van der Waals surface area contributed by atoms with E-state index in [-0.39, 0.29) is 0 Å². The molecule has 2 rings (SSSR count). The van der Waals surface area contributed by atoms with Crippen LogP contribution in [-0.4, -0.2) is 10.8 Å². The molecule has 1 aromatic heterocycles. The monoisotopic (exact) mass is 282 g/mol. The Morgan fingerprint density at radius 1 is 1.19 bits per heavy atom. The molecule has 0 atom stereocenters.